The number of nitrogens with zero attached hydrogens (tertiary/aromatic N) is 1. The van der Waals surface area contributed by atoms with Gasteiger partial charge in [-0.1, -0.05) is 13.0 Å². The Morgan fingerprint density at radius 2 is 2.42 bits per heavy atom. The molecular weight excluding hydrogens is 355 g/mol. The van der Waals surface area contributed by atoms with Gasteiger partial charge in [-0.05, 0) is 47.3 Å². The molecule has 2 rings (SSSR count). The van der Waals surface area contributed by atoms with Crippen LogP contribution < -0.4 is 5.32 Å². The first kappa shape index (κ1) is 14.7. The quantitative estimate of drug-likeness (QED) is 0.817. The fourth-order valence-corrected chi connectivity index (χ4v) is 2.67. The first-order chi connectivity index (χ1) is 9.19. The molecule has 1 N–H and O–H groups in total. The van der Waals surface area contributed by atoms with E-state index in [0.29, 0.717) is 12.1 Å². The minimum absolute atomic E-state index is 0.0317. The van der Waals surface area contributed by atoms with Crippen molar-refractivity contribution in [2.75, 3.05) is 32.8 Å². The molecule has 19 heavy (non-hydrogen) atoms. The molecule has 0 aliphatic carbocycles. The average Bonchev–Trinajstić information content (AvgIpc) is 2.45. The summed E-state index contributed by atoms with van der Waals surface area (Å²) in [4.78, 5) is 14.3. The van der Waals surface area contributed by atoms with Crippen LogP contribution in [-0.2, 0) is 4.74 Å². The number of carbonyl (C=O) groups is 1. The number of amides is 1. The summed E-state index contributed by atoms with van der Waals surface area (Å²) in [7, 11) is 0. The van der Waals surface area contributed by atoms with E-state index in [4.69, 9.17) is 4.74 Å². The summed E-state index contributed by atoms with van der Waals surface area (Å²) >= 11 is 2.21. The fraction of sp³-hybridized carbons (Fsp3) is 0.500. The third kappa shape index (κ3) is 4.43. The highest BCUT2D eigenvalue weighted by molar-refractivity contribution is 14.1. The molecule has 0 radical (unpaired) electrons. The second kappa shape index (κ2) is 7.21. The first-order valence-electron chi connectivity index (χ1n) is 6.56. The molecule has 1 unspecified atom stereocenters. The van der Waals surface area contributed by atoms with Gasteiger partial charge in [0.1, 0.15) is 0 Å². The molecule has 1 atom stereocenters. The summed E-state index contributed by atoms with van der Waals surface area (Å²) in [6, 6.07) is 7.58. The molecule has 1 saturated heterocycles. The van der Waals surface area contributed by atoms with Crippen molar-refractivity contribution in [1.29, 1.82) is 0 Å². The summed E-state index contributed by atoms with van der Waals surface area (Å²) in [5.74, 6) is -0.0317. The normalized spacial score (nSPS) is 20.2. The molecule has 1 aliphatic heterocycles. The fourth-order valence-electron chi connectivity index (χ4n) is 2.13. The lowest BCUT2D eigenvalue weighted by Crippen LogP contribution is -2.47. The van der Waals surface area contributed by atoms with Crippen LogP contribution in [0.15, 0.2) is 24.3 Å². The Balaban J connectivity index is 1.83. The van der Waals surface area contributed by atoms with E-state index in [2.05, 4.69) is 39.7 Å². The van der Waals surface area contributed by atoms with Crippen LogP contribution in [-0.4, -0.2) is 49.7 Å². The summed E-state index contributed by atoms with van der Waals surface area (Å²) < 4.78 is 6.73. The molecule has 1 aromatic carbocycles. The zero-order valence-electron chi connectivity index (χ0n) is 11.1. The summed E-state index contributed by atoms with van der Waals surface area (Å²) in [6.45, 7) is 6.37. The molecule has 1 aromatic rings. The van der Waals surface area contributed by atoms with Gasteiger partial charge in [0.15, 0.2) is 0 Å². The van der Waals surface area contributed by atoms with Crippen molar-refractivity contribution in [3.63, 3.8) is 0 Å². The van der Waals surface area contributed by atoms with E-state index in [-0.39, 0.29) is 12.0 Å². The van der Waals surface area contributed by atoms with E-state index in [1.807, 2.05) is 24.3 Å². The molecule has 0 spiro atoms. The van der Waals surface area contributed by atoms with Gasteiger partial charge in [0.05, 0.1) is 12.7 Å². The second-order valence-corrected chi connectivity index (χ2v) is 5.85. The van der Waals surface area contributed by atoms with Crippen LogP contribution in [0.4, 0.5) is 0 Å². The number of halogens is 1. The number of rotatable bonds is 4. The Bertz CT molecular complexity index is 439. The molecule has 1 aliphatic rings. The van der Waals surface area contributed by atoms with Crippen molar-refractivity contribution in [2.45, 2.75) is 13.0 Å². The standard InChI is InChI=1S/C14H19IN2O2/c1-2-17-6-7-19-13(10-17)9-16-14(18)11-4-3-5-12(15)8-11/h3-5,8,13H,2,6-7,9-10H2,1H3,(H,16,18). The van der Waals surface area contributed by atoms with Crippen LogP contribution in [0, 0.1) is 3.57 Å². The van der Waals surface area contributed by atoms with Gasteiger partial charge in [0, 0.05) is 28.8 Å². The van der Waals surface area contributed by atoms with Gasteiger partial charge in [0.2, 0.25) is 0 Å². The number of carbonyl (C=O) groups excluding carboxylic acids is 1. The maximum absolute atomic E-state index is 12.0. The third-order valence-corrected chi connectivity index (χ3v) is 3.92. The van der Waals surface area contributed by atoms with Gasteiger partial charge >= 0.3 is 0 Å². The van der Waals surface area contributed by atoms with Crippen molar-refractivity contribution < 1.29 is 9.53 Å². The number of ether oxygens (including phenoxy) is 1. The molecule has 1 amide bonds. The molecular formula is C14H19IN2O2. The Hall–Kier alpha value is -0.660. The maximum atomic E-state index is 12.0. The van der Waals surface area contributed by atoms with Crippen LogP contribution in [0.1, 0.15) is 17.3 Å². The smallest absolute Gasteiger partial charge is 0.251 e. The molecule has 1 fully saturated rings. The van der Waals surface area contributed by atoms with E-state index in [9.17, 15) is 4.79 Å². The predicted octanol–water partition coefficient (Wildman–Crippen LogP) is 1.74. The minimum Gasteiger partial charge on any atom is -0.374 e. The predicted molar refractivity (Wildman–Crippen MR) is 83.3 cm³/mol. The summed E-state index contributed by atoms with van der Waals surface area (Å²) in [5, 5.41) is 2.95. The number of likely N-dealkylation sites (N-methyl/N-ethyl adjacent to an activating group) is 1. The molecule has 0 bridgehead atoms. The zero-order chi connectivity index (χ0) is 13.7. The molecule has 104 valence electrons. The largest absolute Gasteiger partial charge is 0.374 e. The Kier molecular flexibility index (Phi) is 5.59. The number of nitrogens with one attached hydrogen (secondary N) is 1. The van der Waals surface area contributed by atoms with Crippen LogP contribution in [0.2, 0.25) is 0 Å². The molecule has 5 heteroatoms. The van der Waals surface area contributed by atoms with Gasteiger partial charge in [-0.2, -0.15) is 0 Å². The highest BCUT2D eigenvalue weighted by atomic mass is 127. The Morgan fingerprint density at radius 3 is 3.16 bits per heavy atom. The topological polar surface area (TPSA) is 41.6 Å². The van der Waals surface area contributed by atoms with Crippen molar-refractivity contribution in [2.24, 2.45) is 0 Å². The number of morpholine rings is 1. The molecule has 1 heterocycles. The minimum atomic E-state index is -0.0317. The zero-order valence-corrected chi connectivity index (χ0v) is 13.2. The molecule has 0 aromatic heterocycles. The van der Waals surface area contributed by atoms with Crippen molar-refractivity contribution >= 4 is 28.5 Å². The second-order valence-electron chi connectivity index (χ2n) is 4.61. The monoisotopic (exact) mass is 374 g/mol. The molecule has 0 saturated carbocycles. The van der Waals surface area contributed by atoms with Crippen molar-refractivity contribution in [3.05, 3.63) is 33.4 Å². The summed E-state index contributed by atoms with van der Waals surface area (Å²) in [6.07, 6.45) is 0.0976. The van der Waals surface area contributed by atoms with E-state index >= 15 is 0 Å². The van der Waals surface area contributed by atoms with Gasteiger partial charge < -0.3 is 10.1 Å². The third-order valence-electron chi connectivity index (χ3n) is 3.25. The van der Waals surface area contributed by atoms with E-state index in [0.717, 1.165) is 29.8 Å². The lowest BCUT2D eigenvalue weighted by molar-refractivity contribution is -0.0246. The van der Waals surface area contributed by atoms with Crippen LogP contribution in [0.25, 0.3) is 0 Å². The highest BCUT2D eigenvalue weighted by Gasteiger charge is 2.19. The van der Waals surface area contributed by atoms with Crippen molar-refractivity contribution in [1.82, 2.24) is 10.2 Å². The first-order valence-corrected chi connectivity index (χ1v) is 7.64. The molecule has 4 nitrogen and oxygen atoms in total. The van der Waals surface area contributed by atoms with Gasteiger partial charge in [0.25, 0.3) is 5.91 Å². The number of hydrogen-bond acceptors (Lipinski definition) is 3. The SMILES string of the molecule is CCN1CCOC(CNC(=O)c2cccc(I)c2)C1. The van der Waals surface area contributed by atoms with Gasteiger partial charge in [-0.25, -0.2) is 0 Å². The lowest BCUT2D eigenvalue weighted by Gasteiger charge is -2.32. The maximum Gasteiger partial charge on any atom is 0.251 e. The lowest BCUT2D eigenvalue weighted by atomic mass is 10.2. The van der Waals surface area contributed by atoms with E-state index in [1.165, 1.54) is 0 Å². The van der Waals surface area contributed by atoms with Crippen LogP contribution in [0.3, 0.4) is 0 Å². The highest BCUT2D eigenvalue weighted by Crippen LogP contribution is 2.08. The number of hydrogen-bond donors (Lipinski definition) is 1. The van der Waals surface area contributed by atoms with E-state index in [1.54, 1.807) is 0 Å². The van der Waals surface area contributed by atoms with Crippen LogP contribution >= 0.6 is 22.6 Å². The summed E-state index contributed by atoms with van der Waals surface area (Å²) in [5.41, 5.74) is 0.704. The van der Waals surface area contributed by atoms with Crippen molar-refractivity contribution in [3.8, 4) is 0 Å². The van der Waals surface area contributed by atoms with E-state index < -0.39 is 0 Å². The van der Waals surface area contributed by atoms with Gasteiger partial charge in [-0.3, -0.25) is 9.69 Å². The average molecular weight is 374 g/mol. The Morgan fingerprint density at radius 1 is 1.58 bits per heavy atom. The van der Waals surface area contributed by atoms with Crippen LogP contribution in [0.5, 0.6) is 0 Å². The van der Waals surface area contributed by atoms with Gasteiger partial charge in [-0.15, -0.1) is 0 Å². The number of benzene rings is 1. The Labute approximate surface area is 127 Å².